The SMILES string of the molecule is N#CC[C@H]1C[C@@H](c2ccccc2)CCN1Cc1ccc(F)cc1. The van der Waals surface area contributed by atoms with E-state index in [1.165, 1.54) is 17.7 Å². The highest BCUT2D eigenvalue weighted by Gasteiger charge is 2.29. The molecule has 1 aliphatic heterocycles. The van der Waals surface area contributed by atoms with E-state index in [0.29, 0.717) is 12.3 Å². The van der Waals surface area contributed by atoms with Gasteiger partial charge in [-0.2, -0.15) is 5.26 Å². The van der Waals surface area contributed by atoms with Gasteiger partial charge in [0.25, 0.3) is 0 Å². The van der Waals surface area contributed by atoms with E-state index in [9.17, 15) is 4.39 Å². The normalized spacial score (nSPS) is 21.7. The highest BCUT2D eigenvalue weighted by atomic mass is 19.1. The first-order chi connectivity index (χ1) is 11.3. The van der Waals surface area contributed by atoms with Gasteiger partial charge in [0.2, 0.25) is 0 Å². The molecule has 0 aromatic heterocycles. The van der Waals surface area contributed by atoms with Crippen LogP contribution < -0.4 is 0 Å². The lowest BCUT2D eigenvalue weighted by Gasteiger charge is -2.39. The fourth-order valence-corrected chi connectivity index (χ4v) is 3.48. The molecular formula is C20H21FN2. The highest BCUT2D eigenvalue weighted by molar-refractivity contribution is 5.21. The largest absolute Gasteiger partial charge is 0.295 e. The van der Waals surface area contributed by atoms with Crippen LogP contribution in [0.25, 0.3) is 0 Å². The van der Waals surface area contributed by atoms with Gasteiger partial charge >= 0.3 is 0 Å². The Morgan fingerprint density at radius 2 is 1.83 bits per heavy atom. The van der Waals surface area contributed by atoms with Crippen LogP contribution in [0.2, 0.25) is 0 Å². The Morgan fingerprint density at radius 3 is 2.52 bits per heavy atom. The monoisotopic (exact) mass is 308 g/mol. The maximum Gasteiger partial charge on any atom is 0.123 e. The first-order valence-corrected chi connectivity index (χ1v) is 8.16. The second-order valence-electron chi connectivity index (χ2n) is 6.24. The van der Waals surface area contributed by atoms with E-state index in [1.54, 1.807) is 0 Å². The molecule has 1 saturated heterocycles. The molecule has 1 heterocycles. The number of hydrogen-bond donors (Lipinski definition) is 0. The van der Waals surface area contributed by atoms with Gasteiger partial charge < -0.3 is 0 Å². The van der Waals surface area contributed by atoms with Crippen LogP contribution in [0.4, 0.5) is 4.39 Å². The van der Waals surface area contributed by atoms with Crippen molar-refractivity contribution in [3.05, 3.63) is 71.5 Å². The third kappa shape index (κ3) is 3.97. The number of nitrogens with zero attached hydrogens (tertiary/aromatic N) is 2. The molecule has 0 saturated carbocycles. The van der Waals surface area contributed by atoms with Gasteiger partial charge in [0, 0.05) is 12.6 Å². The summed E-state index contributed by atoms with van der Waals surface area (Å²) in [6.07, 6.45) is 2.66. The molecule has 0 amide bonds. The minimum Gasteiger partial charge on any atom is -0.295 e. The Morgan fingerprint density at radius 1 is 1.09 bits per heavy atom. The molecule has 0 spiro atoms. The van der Waals surface area contributed by atoms with Crippen molar-refractivity contribution < 1.29 is 4.39 Å². The Balaban J connectivity index is 1.70. The molecule has 23 heavy (non-hydrogen) atoms. The lowest BCUT2D eigenvalue weighted by Crippen LogP contribution is -2.41. The van der Waals surface area contributed by atoms with Gasteiger partial charge in [-0.25, -0.2) is 4.39 Å². The lowest BCUT2D eigenvalue weighted by molar-refractivity contribution is 0.129. The summed E-state index contributed by atoms with van der Waals surface area (Å²) in [5.74, 6) is 0.323. The van der Waals surface area contributed by atoms with Crippen LogP contribution in [0.5, 0.6) is 0 Å². The van der Waals surface area contributed by atoms with Crippen LogP contribution in [-0.2, 0) is 6.54 Å². The fourth-order valence-electron chi connectivity index (χ4n) is 3.48. The van der Waals surface area contributed by atoms with E-state index >= 15 is 0 Å². The van der Waals surface area contributed by atoms with Gasteiger partial charge in [-0.15, -0.1) is 0 Å². The molecule has 1 fully saturated rings. The van der Waals surface area contributed by atoms with Crippen molar-refractivity contribution in [1.82, 2.24) is 4.90 Å². The summed E-state index contributed by atoms with van der Waals surface area (Å²) in [6, 6.07) is 19.9. The Bertz CT molecular complexity index is 660. The molecule has 1 aliphatic rings. The zero-order chi connectivity index (χ0) is 16.1. The average Bonchev–Trinajstić information content (AvgIpc) is 2.59. The predicted molar refractivity (Wildman–Crippen MR) is 89.2 cm³/mol. The zero-order valence-corrected chi connectivity index (χ0v) is 13.2. The van der Waals surface area contributed by atoms with Crippen LogP contribution in [0.1, 0.15) is 36.3 Å². The van der Waals surface area contributed by atoms with Gasteiger partial charge in [0.05, 0.1) is 12.5 Å². The van der Waals surface area contributed by atoms with Crippen LogP contribution >= 0.6 is 0 Å². The summed E-state index contributed by atoms with van der Waals surface area (Å²) >= 11 is 0. The molecule has 118 valence electrons. The summed E-state index contributed by atoms with van der Waals surface area (Å²) in [5.41, 5.74) is 2.48. The Hall–Kier alpha value is -2.18. The number of hydrogen-bond acceptors (Lipinski definition) is 2. The first kappa shape index (κ1) is 15.7. The van der Waals surface area contributed by atoms with E-state index < -0.39 is 0 Å². The average molecular weight is 308 g/mol. The summed E-state index contributed by atoms with van der Waals surface area (Å²) in [5, 5.41) is 9.17. The molecule has 0 aliphatic carbocycles. The Kier molecular flexibility index (Phi) is 5.05. The molecule has 2 atom stereocenters. The van der Waals surface area contributed by atoms with E-state index in [0.717, 1.165) is 31.5 Å². The van der Waals surface area contributed by atoms with Crippen molar-refractivity contribution >= 4 is 0 Å². The van der Waals surface area contributed by atoms with Crippen molar-refractivity contribution in [3.8, 4) is 6.07 Å². The van der Waals surface area contributed by atoms with Gasteiger partial charge in [0.15, 0.2) is 0 Å². The number of piperidine rings is 1. The van der Waals surface area contributed by atoms with Crippen molar-refractivity contribution in [2.24, 2.45) is 0 Å². The molecule has 0 unspecified atom stereocenters. The molecule has 3 heteroatoms. The fraction of sp³-hybridized carbons (Fsp3) is 0.350. The van der Waals surface area contributed by atoms with Crippen molar-refractivity contribution in [3.63, 3.8) is 0 Å². The van der Waals surface area contributed by atoms with Crippen LogP contribution in [0.3, 0.4) is 0 Å². The standard InChI is InChI=1S/C20H21FN2/c21-19-8-6-16(7-9-19)15-23-13-11-18(14-20(23)10-12-22)17-4-2-1-3-5-17/h1-9,18,20H,10-11,13-15H2/t18-,20-/m0/s1. The summed E-state index contributed by atoms with van der Waals surface area (Å²) in [6.45, 7) is 1.76. The van der Waals surface area contributed by atoms with Crippen LogP contribution in [0.15, 0.2) is 54.6 Å². The minimum atomic E-state index is -0.204. The third-order valence-corrected chi connectivity index (χ3v) is 4.73. The number of nitriles is 1. The van der Waals surface area contributed by atoms with E-state index in [2.05, 4.69) is 35.2 Å². The van der Waals surface area contributed by atoms with Crippen molar-refractivity contribution in [2.75, 3.05) is 6.54 Å². The van der Waals surface area contributed by atoms with E-state index in [-0.39, 0.29) is 11.9 Å². The molecule has 2 nitrogen and oxygen atoms in total. The number of benzene rings is 2. The molecular weight excluding hydrogens is 287 g/mol. The molecule has 2 aromatic carbocycles. The second-order valence-corrected chi connectivity index (χ2v) is 6.24. The smallest absolute Gasteiger partial charge is 0.123 e. The van der Waals surface area contributed by atoms with Crippen molar-refractivity contribution in [1.29, 1.82) is 5.26 Å². The highest BCUT2D eigenvalue weighted by Crippen LogP contribution is 2.33. The summed E-state index contributed by atoms with van der Waals surface area (Å²) < 4.78 is 13.0. The zero-order valence-electron chi connectivity index (χ0n) is 13.2. The van der Waals surface area contributed by atoms with Gasteiger partial charge in [-0.1, -0.05) is 42.5 Å². The third-order valence-electron chi connectivity index (χ3n) is 4.73. The van der Waals surface area contributed by atoms with E-state index in [1.807, 2.05) is 18.2 Å². The molecule has 3 rings (SSSR count). The molecule has 2 aromatic rings. The number of likely N-dealkylation sites (tertiary alicyclic amines) is 1. The summed E-state index contributed by atoms with van der Waals surface area (Å²) in [7, 11) is 0. The number of halogens is 1. The van der Waals surface area contributed by atoms with Crippen LogP contribution in [0, 0.1) is 17.1 Å². The molecule has 0 bridgehead atoms. The van der Waals surface area contributed by atoms with Gasteiger partial charge in [-0.05, 0) is 48.6 Å². The van der Waals surface area contributed by atoms with Gasteiger partial charge in [0.1, 0.15) is 5.82 Å². The minimum absolute atomic E-state index is 0.204. The molecule has 0 radical (unpaired) electrons. The van der Waals surface area contributed by atoms with Crippen LogP contribution in [-0.4, -0.2) is 17.5 Å². The summed E-state index contributed by atoms with van der Waals surface area (Å²) in [4.78, 5) is 2.37. The quantitative estimate of drug-likeness (QED) is 0.832. The number of rotatable bonds is 4. The Labute approximate surface area is 137 Å². The maximum absolute atomic E-state index is 13.0. The topological polar surface area (TPSA) is 27.0 Å². The van der Waals surface area contributed by atoms with Crippen molar-refractivity contribution in [2.45, 2.75) is 37.8 Å². The first-order valence-electron chi connectivity index (χ1n) is 8.16. The maximum atomic E-state index is 13.0. The van der Waals surface area contributed by atoms with Gasteiger partial charge in [-0.3, -0.25) is 4.90 Å². The lowest BCUT2D eigenvalue weighted by atomic mass is 9.84. The van der Waals surface area contributed by atoms with E-state index in [4.69, 9.17) is 5.26 Å². The molecule has 0 N–H and O–H groups in total. The second kappa shape index (κ2) is 7.39. The predicted octanol–water partition coefficient (Wildman–Crippen LogP) is 4.49.